The van der Waals surface area contributed by atoms with Gasteiger partial charge in [0.1, 0.15) is 0 Å². The number of carbonyl (C=O) groups excluding carboxylic acids is 1. The Morgan fingerprint density at radius 2 is 2.11 bits per heavy atom. The first-order valence-corrected chi connectivity index (χ1v) is 7.40. The van der Waals surface area contributed by atoms with Crippen molar-refractivity contribution in [3.8, 4) is 0 Å². The quantitative estimate of drug-likeness (QED) is 0.789. The standard InChI is InChI=1S/C14H27N3O/c1-11(10-14-4-3-7-15-14)16-13-5-8-17(9-6-13)12(2)18/h11,13-16H,3-10H2,1-2H3. The van der Waals surface area contributed by atoms with Gasteiger partial charge in [0, 0.05) is 38.1 Å². The summed E-state index contributed by atoms with van der Waals surface area (Å²) < 4.78 is 0. The van der Waals surface area contributed by atoms with Crippen LogP contribution in [0.3, 0.4) is 0 Å². The van der Waals surface area contributed by atoms with E-state index < -0.39 is 0 Å². The molecule has 2 aliphatic rings. The van der Waals surface area contributed by atoms with E-state index in [1.54, 1.807) is 6.92 Å². The second kappa shape index (κ2) is 6.53. The minimum atomic E-state index is 0.219. The Morgan fingerprint density at radius 3 is 2.67 bits per heavy atom. The fourth-order valence-corrected chi connectivity index (χ4v) is 3.22. The highest BCUT2D eigenvalue weighted by Gasteiger charge is 2.23. The van der Waals surface area contributed by atoms with Gasteiger partial charge in [-0.05, 0) is 45.6 Å². The summed E-state index contributed by atoms with van der Waals surface area (Å²) >= 11 is 0. The first kappa shape index (κ1) is 13.8. The van der Waals surface area contributed by atoms with Gasteiger partial charge >= 0.3 is 0 Å². The third kappa shape index (κ3) is 3.95. The molecule has 2 fully saturated rings. The molecule has 4 heteroatoms. The van der Waals surface area contributed by atoms with E-state index in [1.165, 1.54) is 25.8 Å². The van der Waals surface area contributed by atoms with Crippen LogP contribution in [0.15, 0.2) is 0 Å². The van der Waals surface area contributed by atoms with Gasteiger partial charge in [-0.1, -0.05) is 0 Å². The monoisotopic (exact) mass is 253 g/mol. The van der Waals surface area contributed by atoms with E-state index in [9.17, 15) is 4.79 Å². The van der Waals surface area contributed by atoms with Crippen LogP contribution in [0.2, 0.25) is 0 Å². The maximum Gasteiger partial charge on any atom is 0.219 e. The van der Waals surface area contributed by atoms with Crippen molar-refractivity contribution in [1.82, 2.24) is 15.5 Å². The minimum absolute atomic E-state index is 0.219. The molecule has 0 aromatic carbocycles. The predicted molar refractivity (Wildman–Crippen MR) is 73.5 cm³/mol. The molecule has 2 N–H and O–H groups in total. The Kier molecular flexibility index (Phi) is 5.01. The number of hydrogen-bond donors (Lipinski definition) is 2. The lowest BCUT2D eigenvalue weighted by Gasteiger charge is -2.33. The van der Waals surface area contributed by atoms with Crippen LogP contribution in [0.4, 0.5) is 0 Å². The number of piperidine rings is 1. The molecule has 18 heavy (non-hydrogen) atoms. The highest BCUT2D eigenvalue weighted by atomic mass is 16.2. The van der Waals surface area contributed by atoms with Crippen molar-refractivity contribution in [3.05, 3.63) is 0 Å². The molecule has 104 valence electrons. The molecule has 0 radical (unpaired) electrons. The lowest BCUT2D eigenvalue weighted by atomic mass is 10.0. The Labute approximate surface area is 110 Å². The van der Waals surface area contributed by atoms with Gasteiger partial charge in [-0.3, -0.25) is 4.79 Å². The number of carbonyl (C=O) groups is 1. The Hall–Kier alpha value is -0.610. The number of nitrogens with zero attached hydrogens (tertiary/aromatic N) is 1. The second-order valence-corrected chi connectivity index (χ2v) is 5.88. The molecule has 2 unspecified atom stereocenters. The third-order valence-electron chi connectivity index (χ3n) is 4.26. The Bertz CT molecular complexity index is 268. The van der Waals surface area contributed by atoms with Crippen LogP contribution in [-0.4, -0.2) is 48.6 Å². The van der Waals surface area contributed by atoms with Crippen molar-refractivity contribution in [2.24, 2.45) is 0 Å². The summed E-state index contributed by atoms with van der Waals surface area (Å²) in [5.74, 6) is 0.219. The summed E-state index contributed by atoms with van der Waals surface area (Å²) in [6.07, 6.45) is 6.08. The molecule has 0 aromatic heterocycles. The molecule has 2 atom stereocenters. The molecular weight excluding hydrogens is 226 g/mol. The first-order chi connectivity index (χ1) is 8.65. The second-order valence-electron chi connectivity index (χ2n) is 5.88. The van der Waals surface area contributed by atoms with Crippen molar-refractivity contribution in [2.75, 3.05) is 19.6 Å². The number of likely N-dealkylation sites (tertiary alicyclic amines) is 1. The summed E-state index contributed by atoms with van der Waals surface area (Å²) in [5, 5.41) is 7.28. The molecule has 1 amide bonds. The lowest BCUT2D eigenvalue weighted by molar-refractivity contribution is -0.129. The van der Waals surface area contributed by atoms with Crippen LogP contribution >= 0.6 is 0 Å². The van der Waals surface area contributed by atoms with Crippen LogP contribution in [0, 0.1) is 0 Å². The van der Waals surface area contributed by atoms with Gasteiger partial charge < -0.3 is 15.5 Å². The number of hydrogen-bond acceptors (Lipinski definition) is 3. The summed E-state index contributed by atoms with van der Waals surface area (Å²) in [5.41, 5.74) is 0. The summed E-state index contributed by atoms with van der Waals surface area (Å²) in [6.45, 7) is 6.98. The fourth-order valence-electron chi connectivity index (χ4n) is 3.22. The molecule has 0 spiro atoms. The predicted octanol–water partition coefficient (Wildman–Crippen LogP) is 1.12. The van der Waals surface area contributed by atoms with E-state index in [1.807, 2.05) is 4.90 Å². The van der Waals surface area contributed by atoms with Crippen molar-refractivity contribution >= 4 is 5.91 Å². The molecule has 4 nitrogen and oxygen atoms in total. The van der Waals surface area contributed by atoms with E-state index in [0.717, 1.165) is 25.9 Å². The van der Waals surface area contributed by atoms with Crippen LogP contribution in [0.25, 0.3) is 0 Å². The molecule has 0 aromatic rings. The summed E-state index contributed by atoms with van der Waals surface area (Å²) in [4.78, 5) is 13.2. The van der Waals surface area contributed by atoms with Gasteiger partial charge in [0.25, 0.3) is 0 Å². The third-order valence-corrected chi connectivity index (χ3v) is 4.26. The van der Waals surface area contributed by atoms with E-state index in [-0.39, 0.29) is 5.91 Å². The van der Waals surface area contributed by atoms with Crippen LogP contribution in [0.5, 0.6) is 0 Å². The highest BCUT2D eigenvalue weighted by Crippen LogP contribution is 2.14. The van der Waals surface area contributed by atoms with Crippen molar-refractivity contribution in [3.63, 3.8) is 0 Å². The maximum atomic E-state index is 11.3. The number of rotatable bonds is 4. The molecule has 2 aliphatic heterocycles. The zero-order valence-corrected chi connectivity index (χ0v) is 11.7. The average Bonchev–Trinajstić information content (AvgIpc) is 2.82. The molecule has 0 aliphatic carbocycles. The van der Waals surface area contributed by atoms with Gasteiger partial charge in [0.05, 0.1) is 0 Å². The number of amides is 1. The lowest BCUT2D eigenvalue weighted by Crippen LogP contribution is -2.47. The van der Waals surface area contributed by atoms with E-state index in [4.69, 9.17) is 0 Å². The van der Waals surface area contributed by atoms with Gasteiger partial charge in [-0.25, -0.2) is 0 Å². The van der Waals surface area contributed by atoms with Gasteiger partial charge in [-0.15, -0.1) is 0 Å². The first-order valence-electron chi connectivity index (χ1n) is 7.40. The normalized spacial score (nSPS) is 27.4. The molecule has 0 saturated carbocycles. The van der Waals surface area contributed by atoms with Gasteiger partial charge in [0.2, 0.25) is 5.91 Å². The highest BCUT2D eigenvalue weighted by molar-refractivity contribution is 5.73. The van der Waals surface area contributed by atoms with E-state index in [0.29, 0.717) is 18.1 Å². The van der Waals surface area contributed by atoms with Gasteiger partial charge in [-0.2, -0.15) is 0 Å². The average molecular weight is 253 g/mol. The van der Waals surface area contributed by atoms with E-state index in [2.05, 4.69) is 17.6 Å². The summed E-state index contributed by atoms with van der Waals surface area (Å²) in [7, 11) is 0. The molecular formula is C14H27N3O. The van der Waals surface area contributed by atoms with Crippen molar-refractivity contribution in [2.45, 2.75) is 64.1 Å². The molecule has 0 bridgehead atoms. The topological polar surface area (TPSA) is 44.4 Å². The molecule has 2 saturated heterocycles. The zero-order chi connectivity index (χ0) is 13.0. The van der Waals surface area contributed by atoms with Gasteiger partial charge in [0.15, 0.2) is 0 Å². The maximum absolute atomic E-state index is 11.3. The fraction of sp³-hybridized carbons (Fsp3) is 0.929. The number of nitrogens with one attached hydrogen (secondary N) is 2. The molecule has 2 heterocycles. The smallest absolute Gasteiger partial charge is 0.219 e. The van der Waals surface area contributed by atoms with Crippen LogP contribution in [-0.2, 0) is 4.79 Å². The zero-order valence-electron chi connectivity index (χ0n) is 11.7. The van der Waals surface area contributed by atoms with Crippen molar-refractivity contribution in [1.29, 1.82) is 0 Å². The summed E-state index contributed by atoms with van der Waals surface area (Å²) in [6, 6.07) is 1.89. The molecule has 2 rings (SSSR count). The largest absolute Gasteiger partial charge is 0.343 e. The van der Waals surface area contributed by atoms with Crippen molar-refractivity contribution < 1.29 is 4.79 Å². The van der Waals surface area contributed by atoms with Crippen LogP contribution < -0.4 is 10.6 Å². The van der Waals surface area contributed by atoms with Crippen LogP contribution in [0.1, 0.15) is 46.0 Å². The minimum Gasteiger partial charge on any atom is -0.343 e. The Balaban J connectivity index is 1.65. The SMILES string of the molecule is CC(=O)N1CCC(NC(C)CC2CCCN2)CC1. The van der Waals surface area contributed by atoms with E-state index >= 15 is 0 Å². The Morgan fingerprint density at radius 1 is 1.39 bits per heavy atom.